The molecule has 0 radical (unpaired) electrons. The van der Waals surface area contributed by atoms with Crippen LogP contribution in [0.4, 0.5) is 8.78 Å². The zero-order valence-electron chi connectivity index (χ0n) is 9.75. The third-order valence-electron chi connectivity index (χ3n) is 2.40. The Morgan fingerprint density at radius 1 is 1.32 bits per heavy atom. The van der Waals surface area contributed by atoms with E-state index >= 15 is 0 Å². The summed E-state index contributed by atoms with van der Waals surface area (Å²) < 4.78 is 32.2. The molecule has 19 heavy (non-hydrogen) atoms. The Labute approximate surface area is 107 Å². The highest BCUT2D eigenvalue weighted by molar-refractivity contribution is 5.35. The Balaban J connectivity index is 2.35. The average Bonchev–Trinajstić information content (AvgIpc) is 2.42. The van der Waals surface area contributed by atoms with E-state index in [9.17, 15) is 13.9 Å². The van der Waals surface area contributed by atoms with Crippen LogP contribution in [0.2, 0.25) is 0 Å². The van der Waals surface area contributed by atoms with E-state index in [4.69, 9.17) is 10.5 Å². The molecule has 5 nitrogen and oxygen atoms in total. The second-order valence-electron chi connectivity index (χ2n) is 3.72. The molecule has 0 aliphatic rings. The maximum Gasteiger partial charge on any atom is 0.238 e. The number of halogens is 2. The molecule has 2 rings (SSSR count). The molecule has 3 N–H and O–H groups in total. The Morgan fingerprint density at radius 3 is 2.74 bits per heavy atom. The van der Waals surface area contributed by atoms with Gasteiger partial charge >= 0.3 is 0 Å². The molecule has 0 spiro atoms. The van der Waals surface area contributed by atoms with Crippen molar-refractivity contribution >= 4 is 0 Å². The minimum absolute atomic E-state index is 0.0567. The highest BCUT2D eigenvalue weighted by atomic mass is 19.1. The van der Waals surface area contributed by atoms with Crippen LogP contribution in [-0.2, 0) is 0 Å². The minimum atomic E-state index is -1.23. The monoisotopic (exact) mass is 267 g/mol. The third-order valence-corrected chi connectivity index (χ3v) is 2.40. The van der Waals surface area contributed by atoms with Gasteiger partial charge in [0.1, 0.15) is 5.82 Å². The summed E-state index contributed by atoms with van der Waals surface area (Å²) in [4.78, 5) is 0. The zero-order valence-corrected chi connectivity index (χ0v) is 9.75. The summed E-state index contributed by atoms with van der Waals surface area (Å²) in [7, 11) is 0. The molecule has 0 aliphatic heterocycles. The van der Waals surface area contributed by atoms with E-state index in [1.807, 2.05) is 0 Å². The first kappa shape index (κ1) is 13.3. The molecule has 0 saturated heterocycles. The van der Waals surface area contributed by atoms with Crippen LogP contribution < -0.4 is 10.5 Å². The van der Waals surface area contributed by atoms with Gasteiger partial charge in [0.05, 0.1) is 6.10 Å². The number of nitrogens with two attached hydrogens (primary N) is 1. The summed E-state index contributed by atoms with van der Waals surface area (Å²) in [6, 6.07) is 4.70. The van der Waals surface area contributed by atoms with E-state index in [0.717, 1.165) is 6.07 Å². The van der Waals surface area contributed by atoms with Crippen molar-refractivity contribution in [1.29, 1.82) is 0 Å². The van der Waals surface area contributed by atoms with E-state index in [1.165, 1.54) is 12.3 Å². The van der Waals surface area contributed by atoms with Crippen LogP contribution >= 0.6 is 0 Å². The van der Waals surface area contributed by atoms with E-state index < -0.39 is 17.7 Å². The van der Waals surface area contributed by atoms with Gasteiger partial charge in [0.2, 0.25) is 5.88 Å². The standard InChI is InChI=1S/C12H11F2N3O2/c13-8-5-9(14)11(4-7(8)10(18)6-15)19-12-2-1-3-16-17-12/h1-5,10,18H,6,15H2. The van der Waals surface area contributed by atoms with Crippen LogP contribution in [0.15, 0.2) is 30.5 Å². The molecule has 2 aromatic rings. The first-order valence-electron chi connectivity index (χ1n) is 5.44. The van der Waals surface area contributed by atoms with Gasteiger partial charge in [-0.15, -0.1) is 5.10 Å². The smallest absolute Gasteiger partial charge is 0.238 e. The highest BCUT2D eigenvalue weighted by Gasteiger charge is 2.17. The minimum Gasteiger partial charge on any atom is -0.434 e. The van der Waals surface area contributed by atoms with Crippen molar-refractivity contribution in [3.8, 4) is 11.6 Å². The summed E-state index contributed by atoms with van der Waals surface area (Å²) in [5.74, 6) is -2.00. The van der Waals surface area contributed by atoms with E-state index in [1.54, 1.807) is 6.07 Å². The van der Waals surface area contributed by atoms with Crippen molar-refractivity contribution < 1.29 is 18.6 Å². The number of hydrogen-bond acceptors (Lipinski definition) is 5. The first-order valence-corrected chi connectivity index (χ1v) is 5.44. The zero-order chi connectivity index (χ0) is 13.8. The summed E-state index contributed by atoms with van der Waals surface area (Å²) in [6.45, 7) is -0.187. The average molecular weight is 267 g/mol. The van der Waals surface area contributed by atoms with Crippen LogP contribution in [0.3, 0.4) is 0 Å². The Bertz CT molecular complexity index is 566. The summed E-state index contributed by atoms with van der Waals surface area (Å²) in [5.41, 5.74) is 5.10. The largest absolute Gasteiger partial charge is 0.434 e. The topological polar surface area (TPSA) is 81.3 Å². The lowest BCUT2D eigenvalue weighted by Crippen LogP contribution is -2.13. The molecule has 100 valence electrons. The molecular weight excluding hydrogens is 256 g/mol. The summed E-state index contributed by atoms with van der Waals surface area (Å²) in [6.07, 6.45) is 0.196. The summed E-state index contributed by atoms with van der Waals surface area (Å²) >= 11 is 0. The molecule has 0 amide bonds. The fraction of sp³-hybridized carbons (Fsp3) is 0.167. The molecule has 1 aromatic heterocycles. The maximum atomic E-state index is 13.6. The van der Waals surface area contributed by atoms with Crippen LogP contribution in [0.5, 0.6) is 11.6 Å². The van der Waals surface area contributed by atoms with Gasteiger partial charge in [0.15, 0.2) is 11.6 Å². The van der Waals surface area contributed by atoms with Gasteiger partial charge in [-0.3, -0.25) is 0 Å². The number of aliphatic hydroxyl groups is 1. The fourth-order valence-corrected chi connectivity index (χ4v) is 1.46. The Hall–Kier alpha value is -2.12. The lowest BCUT2D eigenvalue weighted by molar-refractivity contribution is 0.181. The number of hydrogen-bond donors (Lipinski definition) is 2. The number of ether oxygens (including phenoxy) is 1. The van der Waals surface area contributed by atoms with Gasteiger partial charge < -0.3 is 15.6 Å². The van der Waals surface area contributed by atoms with E-state index in [2.05, 4.69) is 10.2 Å². The number of rotatable bonds is 4. The van der Waals surface area contributed by atoms with Crippen LogP contribution in [0, 0.1) is 11.6 Å². The predicted molar refractivity (Wildman–Crippen MR) is 62.5 cm³/mol. The molecule has 0 fully saturated rings. The lowest BCUT2D eigenvalue weighted by Gasteiger charge is -2.12. The third kappa shape index (κ3) is 3.01. The van der Waals surface area contributed by atoms with Crippen molar-refractivity contribution in [2.45, 2.75) is 6.10 Å². The molecule has 0 aliphatic carbocycles. The van der Waals surface area contributed by atoms with Gasteiger partial charge in [0.25, 0.3) is 0 Å². The van der Waals surface area contributed by atoms with Crippen molar-refractivity contribution in [1.82, 2.24) is 10.2 Å². The highest BCUT2D eigenvalue weighted by Crippen LogP contribution is 2.28. The van der Waals surface area contributed by atoms with Gasteiger partial charge in [-0.1, -0.05) is 0 Å². The molecule has 0 bridgehead atoms. The van der Waals surface area contributed by atoms with Gasteiger partial charge in [-0.25, -0.2) is 8.78 Å². The van der Waals surface area contributed by atoms with Crippen LogP contribution in [0.25, 0.3) is 0 Å². The van der Waals surface area contributed by atoms with Crippen molar-refractivity contribution in [2.24, 2.45) is 5.73 Å². The summed E-state index contributed by atoms with van der Waals surface area (Å²) in [5, 5.41) is 16.7. The molecule has 1 heterocycles. The van der Waals surface area contributed by atoms with Gasteiger partial charge in [-0.05, 0) is 12.1 Å². The quantitative estimate of drug-likeness (QED) is 0.878. The Kier molecular flexibility index (Phi) is 3.98. The van der Waals surface area contributed by atoms with E-state index in [-0.39, 0.29) is 23.7 Å². The van der Waals surface area contributed by atoms with Gasteiger partial charge in [-0.2, -0.15) is 5.10 Å². The normalized spacial score (nSPS) is 12.2. The van der Waals surface area contributed by atoms with Crippen molar-refractivity contribution in [3.05, 3.63) is 47.7 Å². The molecular formula is C12H11F2N3O2. The van der Waals surface area contributed by atoms with Crippen molar-refractivity contribution in [3.63, 3.8) is 0 Å². The van der Waals surface area contributed by atoms with E-state index in [0.29, 0.717) is 6.07 Å². The van der Waals surface area contributed by atoms with Crippen molar-refractivity contribution in [2.75, 3.05) is 6.54 Å². The Morgan fingerprint density at radius 2 is 2.11 bits per heavy atom. The predicted octanol–water partition coefficient (Wildman–Crippen LogP) is 1.54. The molecule has 1 unspecified atom stereocenters. The molecule has 1 atom stereocenters. The second-order valence-corrected chi connectivity index (χ2v) is 3.72. The number of aliphatic hydroxyl groups excluding tert-OH is 1. The van der Waals surface area contributed by atoms with Crippen LogP contribution in [0.1, 0.15) is 11.7 Å². The molecule has 7 heteroatoms. The second kappa shape index (κ2) is 5.68. The maximum absolute atomic E-state index is 13.6. The fourth-order valence-electron chi connectivity index (χ4n) is 1.46. The van der Waals surface area contributed by atoms with Crippen LogP contribution in [-0.4, -0.2) is 21.8 Å². The number of aromatic nitrogens is 2. The van der Waals surface area contributed by atoms with Gasteiger partial charge in [0, 0.05) is 30.4 Å². The molecule has 0 saturated carbocycles. The SMILES string of the molecule is NCC(O)c1cc(Oc2cccnn2)c(F)cc1F. The lowest BCUT2D eigenvalue weighted by atomic mass is 10.1. The number of benzene rings is 1. The molecule has 1 aromatic carbocycles. The number of nitrogens with zero attached hydrogens (tertiary/aromatic N) is 2. The first-order chi connectivity index (χ1) is 9.11.